The van der Waals surface area contributed by atoms with Gasteiger partial charge in [0.1, 0.15) is 11.5 Å². The summed E-state index contributed by atoms with van der Waals surface area (Å²) in [5, 5.41) is 6.83. The van der Waals surface area contributed by atoms with Crippen molar-refractivity contribution < 1.29 is 18.8 Å². The number of benzene rings is 2. The molecule has 0 aliphatic heterocycles. The zero-order chi connectivity index (χ0) is 19.1. The van der Waals surface area contributed by atoms with Crippen LogP contribution in [0.5, 0.6) is 11.5 Å². The first-order valence-corrected chi connectivity index (χ1v) is 8.54. The lowest BCUT2D eigenvalue weighted by Gasteiger charge is -2.06. The molecule has 0 unspecified atom stereocenters. The number of amides is 1. The van der Waals surface area contributed by atoms with Crippen molar-refractivity contribution in [2.45, 2.75) is 19.4 Å². The van der Waals surface area contributed by atoms with Crippen LogP contribution in [0.4, 0.5) is 0 Å². The molecule has 0 saturated carbocycles. The topological polar surface area (TPSA) is 86.5 Å². The van der Waals surface area contributed by atoms with Crippen molar-refractivity contribution in [2.75, 3.05) is 14.2 Å². The lowest BCUT2D eigenvalue weighted by molar-refractivity contribution is -0.121. The first kappa shape index (κ1) is 18.4. The molecule has 1 N–H and O–H groups in total. The van der Waals surface area contributed by atoms with Crippen LogP contribution >= 0.6 is 0 Å². The molecule has 7 heteroatoms. The normalized spacial score (nSPS) is 10.4. The summed E-state index contributed by atoms with van der Waals surface area (Å²) >= 11 is 0. The lowest BCUT2D eigenvalue weighted by atomic mass is 10.2. The second-order valence-electron chi connectivity index (χ2n) is 5.87. The van der Waals surface area contributed by atoms with Crippen molar-refractivity contribution in [1.82, 2.24) is 15.5 Å². The molecule has 0 fully saturated rings. The first-order chi connectivity index (χ1) is 13.2. The Morgan fingerprint density at radius 2 is 1.85 bits per heavy atom. The van der Waals surface area contributed by atoms with Gasteiger partial charge in [-0.1, -0.05) is 17.3 Å². The summed E-state index contributed by atoms with van der Waals surface area (Å²) < 4.78 is 15.5. The van der Waals surface area contributed by atoms with Crippen LogP contribution in [0, 0.1) is 0 Å². The zero-order valence-corrected chi connectivity index (χ0v) is 15.3. The van der Waals surface area contributed by atoms with E-state index < -0.39 is 0 Å². The zero-order valence-electron chi connectivity index (χ0n) is 15.3. The molecular formula is C20H21N3O4. The average Bonchev–Trinajstić information content (AvgIpc) is 3.20. The highest BCUT2D eigenvalue weighted by Gasteiger charge is 2.11. The van der Waals surface area contributed by atoms with Crippen molar-refractivity contribution in [3.8, 4) is 22.9 Å². The van der Waals surface area contributed by atoms with Crippen molar-refractivity contribution >= 4 is 5.91 Å². The molecule has 140 valence electrons. The van der Waals surface area contributed by atoms with Gasteiger partial charge in [0.15, 0.2) is 0 Å². The molecule has 0 saturated heterocycles. The van der Waals surface area contributed by atoms with E-state index in [1.165, 1.54) is 0 Å². The molecule has 2 aromatic carbocycles. The van der Waals surface area contributed by atoms with E-state index >= 15 is 0 Å². The monoisotopic (exact) mass is 367 g/mol. The number of nitrogens with one attached hydrogen (secondary N) is 1. The summed E-state index contributed by atoms with van der Waals surface area (Å²) in [7, 11) is 3.23. The average molecular weight is 367 g/mol. The molecule has 27 heavy (non-hydrogen) atoms. The Balaban J connectivity index is 1.49. The Labute approximate surface area is 157 Å². The molecule has 0 atom stereocenters. The van der Waals surface area contributed by atoms with Crippen LogP contribution in [0.25, 0.3) is 11.4 Å². The molecule has 0 aliphatic rings. The first-order valence-electron chi connectivity index (χ1n) is 8.54. The van der Waals surface area contributed by atoms with Gasteiger partial charge in [0, 0.05) is 24.9 Å². The number of carbonyl (C=O) groups is 1. The second kappa shape index (κ2) is 8.84. The maximum atomic E-state index is 12.0. The predicted molar refractivity (Wildman–Crippen MR) is 99.4 cm³/mol. The highest BCUT2D eigenvalue weighted by atomic mass is 16.5. The van der Waals surface area contributed by atoms with Gasteiger partial charge in [-0.2, -0.15) is 4.98 Å². The summed E-state index contributed by atoms with van der Waals surface area (Å²) in [5.41, 5.74) is 1.80. The summed E-state index contributed by atoms with van der Waals surface area (Å²) in [5.74, 6) is 2.36. The number of ether oxygens (including phenoxy) is 2. The number of hydrogen-bond acceptors (Lipinski definition) is 6. The van der Waals surface area contributed by atoms with Gasteiger partial charge in [-0.05, 0) is 42.0 Å². The minimum atomic E-state index is -0.0815. The molecule has 1 aromatic heterocycles. The van der Waals surface area contributed by atoms with E-state index in [9.17, 15) is 4.79 Å². The third-order valence-corrected chi connectivity index (χ3v) is 4.01. The third kappa shape index (κ3) is 5.07. The van der Waals surface area contributed by atoms with Crippen LogP contribution in [0.15, 0.2) is 53.1 Å². The van der Waals surface area contributed by atoms with Crippen LogP contribution in [0.3, 0.4) is 0 Å². The van der Waals surface area contributed by atoms with Crippen molar-refractivity contribution in [3.63, 3.8) is 0 Å². The number of aromatic nitrogens is 2. The van der Waals surface area contributed by atoms with E-state index in [0.29, 0.717) is 24.7 Å². The van der Waals surface area contributed by atoms with Gasteiger partial charge in [0.05, 0.1) is 14.2 Å². The van der Waals surface area contributed by atoms with E-state index in [2.05, 4.69) is 15.5 Å². The van der Waals surface area contributed by atoms with Crippen molar-refractivity contribution in [3.05, 3.63) is 60.0 Å². The van der Waals surface area contributed by atoms with Crippen molar-refractivity contribution in [2.24, 2.45) is 0 Å². The fourth-order valence-electron chi connectivity index (χ4n) is 2.51. The molecule has 0 aliphatic carbocycles. The quantitative estimate of drug-likeness (QED) is 0.659. The van der Waals surface area contributed by atoms with Crippen LogP contribution in [0.1, 0.15) is 17.9 Å². The molecule has 0 spiro atoms. The molecule has 1 heterocycles. The van der Waals surface area contributed by atoms with Gasteiger partial charge in [-0.15, -0.1) is 0 Å². The van der Waals surface area contributed by atoms with Gasteiger partial charge in [0.25, 0.3) is 0 Å². The Hall–Kier alpha value is -3.35. The van der Waals surface area contributed by atoms with Crippen LogP contribution < -0.4 is 14.8 Å². The van der Waals surface area contributed by atoms with E-state index in [1.807, 2.05) is 48.5 Å². The van der Waals surface area contributed by atoms with Gasteiger partial charge in [0.2, 0.25) is 17.6 Å². The highest BCUT2D eigenvalue weighted by Crippen LogP contribution is 2.20. The minimum Gasteiger partial charge on any atom is -0.497 e. The Morgan fingerprint density at radius 3 is 2.59 bits per heavy atom. The smallest absolute Gasteiger partial charge is 0.227 e. The summed E-state index contributed by atoms with van der Waals surface area (Å²) in [6, 6.07) is 14.9. The van der Waals surface area contributed by atoms with Crippen LogP contribution in [0.2, 0.25) is 0 Å². The van der Waals surface area contributed by atoms with Gasteiger partial charge < -0.3 is 19.3 Å². The predicted octanol–water partition coefficient (Wildman–Crippen LogP) is 3.00. The van der Waals surface area contributed by atoms with E-state index in [4.69, 9.17) is 14.0 Å². The number of methoxy groups -OCH3 is 2. The number of aryl methyl sites for hydroxylation is 1. The second-order valence-corrected chi connectivity index (χ2v) is 5.87. The molecule has 3 rings (SSSR count). The fourth-order valence-corrected chi connectivity index (χ4v) is 2.51. The Morgan fingerprint density at radius 1 is 1.07 bits per heavy atom. The lowest BCUT2D eigenvalue weighted by Crippen LogP contribution is -2.23. The maximum absolute atomic E-state index is 12.0. The maximum Gasteiger partial charge on any atom is 0.227 e. The molecule has 7 nitrogen and oxygen atoms in total. The fraction of sp³-hybridized carbons (Fsp3) is 0.250. The standard InChI is InChI=1S/C20H21N3O4/c1-25-16-8-6-15(7-9-16)20-22-19(27-23-20)11-10-18(24)21-13-14-4-3-5-17(12-14)26-2/h3-9,12H,10-11,13H2,1-2H3,(H,21,24). The van der Waals surface area contributed by atoms with E-state index in [0.717, 1.165) is 22.6 Å². The number of rotatable bonds is 8. The number of carbonyl (C=O) groups excluding carboxylic acids is 1. The molecule has 1 amide bonds. The minimum absolute atomic E-state index is 0.0815. The molecule has 0 radical (unpaired) electrons. The molecular weight excluding hydrogens is 346 g/mol. The van der Waals surface area contributed by atoms with Crippen molar-refractivity contribution in [1.29, 1.82) is 0 Å². The highest BCUT2D eigenvalue weighted by molar-refractivity contribution is 5.76. The number of nitrogens with zero attached hydrogens (tertiary/aromatic N) is 2. The van der Waals surface area contributed by atoms with Gasteiger partial charge >= 0.3 is 0 Å². The third-order valence-electron chi connectivity index (χ3n) is 4.01. The summed E-state index contributed by atoms with van der Waals surface area (Å²) in [4.78, 5) is 16.4. The summed E-state index contributed by atoms with van der Waals surface area (Å²) in [6.07, 6.45) is 0.654. The molecule has 3 aromatic rings. The SMILES string of the molecule is COc1ccc(-c2noc(CCC(=O)NCc3cccc(OC)c3)n2)cc1. The van der Waals surface area contributed by atoms with Gasteiger partial charge in [-0.3, -0.25) is 4.79 Å². The largest absolute Gasteiger partial charge is 0.497 e. The number of hydrogen-bond donors (Lipinski definition) is 1. The van der Waals surface area contributed by atoms with Gasteiger partial charge in [-0.25, -0.2) is 0 Å². The van der Waals surface area contributed by atoms with E-state index in [1.54, 1.807) is 14.2 Å². The Bertz CT molecular complexity index is 890. The van der Waals surface area contributed by atoms with Crippen LogP contribution in [-0.4, -0.2) is 30.3 Å². The summed E-state index contributed by atoms with van der Waals surface area (Å²) in [6.45, 7) is 0.441. The Kier molecular flexibility index (Phi) is 6.04. The van der Waals surface area contributed by atoms with Crippen LogP contribution in [-0.2, 0) is 17.8 Å². The van der Waals surface area contributed by atoms with E-state index in [-0.39, 0.29) is 12.3 Å². The molecule has 0 bridgehead atoms.